The van der Waals surface area contributed by atoms with Crippen molar-refractivity contribution >= 4 is 15.9 Å². The molecule has 2 N–H and O–H groups in total. The predicted molar refractivity (Wildman–Crippen MR) is 71.0 cm³/mol. The van der Waals surface area contributed by atoms with Gasteiger partial charge in [-0.1, -0.05) is 15.9 Å². The van der Waals surface area contributed by atoms with Crippen molar-refractivity contribution in [2.75, 3.05) is 0 Å². The molecule has 0 aliphatic rings. The van der Waals surface area contributed by atoms with Crippen LogP contribution in [0.3, 0.4) is 0 Å². The summed E-state index contributed by atoms with van der Waals surface area (Å²) in [6.07, 6.45) is 1.53. The van der Waals surface area contributed by atoms with Gasteiger partial charge in [0, 0.05) is 10.5 Å². The Bertz CT molecular complexity index is 543. The van der Waals surface area contributed by atoms with E-state index in [-0.39, 0.29) is 11.8 Å². The first-order valence-corrected chi connectivity index (χ1v) is 6.20. The van der Waals surface area contributed by atoms with Crippen LogP contribution < -0.4 is 10.5 Å². The molecule has 1 heterocycles. The Labute approximate surface area is 113 Å². The average Bonchev–Trinajstić information content (AvgIpc) is 2.34. The number of hydrogen-bond donors (Lipinski definition) is 1. The van der Waals surface area contributed by atoms with Gasteiger partial charge in [0.15, 0.2) is 11.6 Å². The summed E-state index contributed by atoms with van der Waals surface area (Å²) >= 11 is 3.26. The number of aromatic nitrogens is 1. The maximum Gasteiger partial charge on any atom is 0.165 e. The van der Waals surface area contributed by atoms with Crippen molar-refractivity contribution in [3.05, 3.63) is 52.5 Å². The number of rotatable bonds is 3. The van der Waals surface area contributed by atoms with Crippen molar-refractivity contribution in [2.45, 2.75) is 13.0 Å². The molecule has 94 valence electrons. The van der Waals surface area contributed by atoms with E-state index in [0.717, 1.165) is 10.2 Å². The van der Waals surface area contributed by atoms with Crippen LogP contribution in [0.25, 0.3) is 0 Å². The minimum absolute atomic E-state index is 0.137. The van der Waals surface area contributed by atoms with E-state index < -0.39 is 5.82 Å². The zero-order valence-corrected chi connectivity index (χ0v) is 11.3. The third-order valence-corrected chi connectivity index (χ3v) is 2.84. The summed E-state index contributed by atoms with van der Waals surface area (Å²) in [7, 11) is 0. The standard InChI is InChI=1S/C13H12BrFN2O/c1-8(16)12-5-3-10(7-17-12)18-13-6-9(14)2-4-11(13)15/h2-8H,16H2,1H3/t8-/m0/s1. The largest absolute Gasteiger partial charge is 0.453 e. The quantitative estimate of drug-likeness (QED) is 0.938. The van der Waals surface area contributed by atoms with Crippen molar-refractivity contribution in [1.82, 2.24) is 4.98 Å². The Morgan fingerprint density at radius 3 is 2.72 bits per heavy atom. The molecule has 1 aromatic heterocycles. The lowest BCUT2D eigenvalue weighted by molar-refractivity contribution is 0.439. The number of benzene rings is 1. The highest BCUT2D eigenvalue weighted by Gasteiger charge is 2.06. The van der Waals surface area contributed by atoms with Gasteiger partial charge in [-0.05, 0) is 37.3 Å². The van der Waals surface area contributed by atoms with Crippen molar-refractivity contribution in [1.29, 1.82) is 0 Å². The van der Waals surface area contributed by atoms with Gasteiger partial charge in [-0.15, -0.1) is 0 Å². The van der Waals surface area contributed by atoms with Crippen LogP contribution in [-0.2, 0) is 0 Å². The minimum Gasteiger partial charge on any atom is -0.453 e. The number of hydrogen-bond acceptors (Lipinski definition) is 3. The number of halogens is 2. The van der Waals surface area contributed by atoms with E-state index in [9.17, 15) is 4.39 Å². The summed E-state index contributed by atoms with van der Waals surface area (Å²) in [4.78, 5) is 4.14. The van der Waals surface area contributed by atoms with Gasteiger partial charge in [-0.3, -0.25) is 4.98 Å². The Morgan fingerprint density at radius 2 is 2.11 bits per heavy atom. The second kappa shape index (κ2) is 5.46. The predicted octanol–water partition coefficient (Wildman–Crippen LogP) is 3.80. The molecule has 1 aromatic carbocycles. The highest BCUT2D eigenvalue weighted by molar-refractivity contribution is 9.10. The molecule has 0 radical (unpaired) electrons. The molecule has 1 atom stereocenters. The number of nitrogens with two attached hydrogens (primary N) is 1. The monoisotopic (exact) mass is 310 g/mol. The van der Waals surface area contributed by atoms with Gasteiger partial charge >= 0.3 is 0 Å². The third kappa shape index (κ3) is 3.05. The Morgan fingerprint density at radius 1 is 1.33 bits per heavy atom. The van der Waals surface area contributed by atoms with Gasteiger partial charge in [-0.2, -0.15) is 0 Å². The van der Waals surface area contributed by atoms with Crippen molar-refractivity contribution in [3.8, 4) is 11.5 Å². The molecular weight excluding hydrogens is 299 g/mol. The maximum absolute atomic E-state index is 13.5. The average molecular weight is 311 g/mol. The summed E-state index contributed by atoms with van der Waals surface area (Å²) in [6.45, 7) is 1.84. The molecule has 0 amide bonds. The lowest BCUT2D eigenvalue weighted by Gasteiger charge is -2.08. The summed E-state index contributed by atoms with van der Waals surface area (Å²) < 4.78 is 19.6. The van der Waals surface area contributed by atoms with Crippen LogP contribution in [0.15, 0.2) is 41.0 Å². The van der Waals surface area contributed by atoms with Gasteiger partial charge in [0.1, 0.15) is 5.75 Å². The van der Waals surface area contributed by atoms with E-state index in [1.807, 2.05) is 6.92 Å². The van der Waals surface area contributed by atoms with Crippen LogP contribution in [-0.4, -0.2) is 4.98 Å². The molecule has 0 saturated carbocycles. The zero-order chi connectivity index (χ0) is 13.1. The molecule has 2 aromatic rings. The van der Waals surface area contributed by atoms with Gasteiger partial charge in [0.2, 0.25) is 0 Å². The van der Waals surface area contributed by atoms with E-state index in [1.165, 1.54) is 12.3 Å². The van der Waals surface area contributed by atoms with Crippen LogP contribution in [0.4, 0.5) is 4.39 Å². The summed E-state index contributed by atoms with van der Waals surface area (Å²) in [5, 5.41) is 0. The first-order valence-electron chi connectivity index (χ1n) is 5.40. The second-order valence-electron chi connectivity index (χ2n) is 3.88. The Kier molecular flexibility index (Phi) is 3.93. The first-order chi connectivity index (χ1) is 8.56. The third-order valence-electron chi connectivity index (χ3n) is 2.35. The molecule has 0 aliphatic heterocycles. The highest BCUT2D eigenvalue weighted by atomic mass is 79.9. The van der Waals surface area contributed by atoms with E-state index in [2.05, 4.69) is 20.9 Å². The fraction of sp³-hybridized carbons (Fsp3) is 0.154. The Balaban J connectivity index is 2.21. The molecule has 0 aliphatic carbocycles. The topological polar surface area (TPSA) is 48.1 Å². The highest BCUT2D eigenvalue weighted by Crippen LogP contribution is 2.27. The molecule has 5 heteroatoms. The number of ether oxygens (including phenoxy) is 1. The first kappa shape index (κ1) is 13.0. The van der Waals surface area contributed by atoms with Gasteiger partial charge < -0.3 is 10.5 Å². The molecule has 3 nitrogen and oxygen atoms in total. The SMILES string of the molecule is C[C@H](N)c1ccc(Oc2cc(Br)ccc2F)cn1. The van der Waals surface area contributed by atoms with Gasteiger partial charge in [0.25, 0.3) is 0 Å². The fourth-order valence-electron chi connectivity index (χ4n) is 1.40. The molecule has 0 saturated heterocycles. The van der Waals surface area contributed by atoms with Crippen molar-refractivity contribution < 1.29 is 9.13 Å². The number of nitrogens with zero attached hydrogens (tertiary/aromatic N) is 1. The fourth-order valence-corrected chi connectivity index (χ4v) is 1.74. The smallest absolute Gasteiger partial charge is 0.165 e. The van der Waals surface area contributed by atoms with Crippen LogP contribution in [0.1, 0.15) is 18.7 Å². The summed E-state index contributed by atoms with van der Waals surface area (Å²) in [6, 6.07) is 7.85. The molecule has 0 fully saturated rings. The lowest BCUT2D eigenvalue weighted by Crippen LogP contribution is -2.06. The normalized spacial score (nSPS) is 12.2. The minimum atomic E-state index is -0.422. The van der Waals surface area contributed by atoms with E-state index in [1.54, 1.807) is 24.3 Å². The van der Waals surface area contributed by atoms with Gasteiger partial charge in [-0.25, -0.2) is 4.39 Å². The van der Waals surface area contributed by atoms with Crippen LogP contribution in [0.5, 0.6) is 11.5 Å². The van der Waals surface area contributed by atoms with E-state index in [4.69, 9.17) is 10.5 Å². The Hall–Kier alpha value is -1.46. The van der Waals surface area contributed by atoms with Crippen LogP contribution >= 0.6 is 15.9 Å². The summed E-state index contributed by atoms with van der Waals surface area (Å²) in [5.41, 5.74) is 6.45. The second-order valence-corrected chi connectivity index (χ2v) is 4.80. The maximum atomic E-state index is 13.5. The van der Waals surface area contributed by atoms with E-state index in [0.29, 0.717) is 5.75 Å². The van der Waals surface area contributed by atoms with E-state index >= 15 is 0 Å². The van der Waals surface area contributed by atoms with Crippen molar-refractivity contribution in [2.24, 2.45) is 5.73 Å². The zero-order valence-electron chi connectivity index (χ0n) is 9.73. The van der Waals surface area contributed by atoms with Gasteiger partial charge in [0.05, 0.1) is 11.9 Å². The molecular formula is C13H12BrFN2O. The molecule has 0 unspecified atom stereocenters. The molecule has 2 rings (SSSR count). The number of pyridine rings is 1. The molecule has 0 spiro atoms. The lowest BCUT2D eigenvalue weighted by atomic mass is 10.2. The van der Waals surface area contributed by atoms with Crippen molar-refractivity contribution in [3.63, 3.8) is 0 Å². The molecule has 18 heavy (non-hydrogen) atoms. The molecule has 0 bridgehead atoms. The van der Waals surface area contributed by atoms with Crippen LogP contribution in [0, 0.1) is 5.82 Å². The van der Waals surface area contributed by atoms with Crippen LogP contribution in [0.2, 0.25) is 0 Å². The summed E-state index contributed by atoms with van der Waals surface area (Å²) in [5.74, 6) is 0.200.